The number of aromatic nitrogens is 3. The molecule has 0 aliphatic carbocycles. The van der Waals surface area contributed by atoms with E-state index >= 15 is 0 Å². The van der Waals surface area contributed by atoms with Crippen LogP contribution in [-0.2, 0) is 20.0 Å². The van der Waals surface area contributed by atoms with E-state index in [0.717, 1.165) is 40.7 Å². The predicted molar refractivity (Wildman–Crippen MR) is 122 cm³/mol. The molecule has 0 saturated heterocycles. The fourth-order valence-electron chi connectivity index (χ4n) is 3.19. The maximum Gasteiger partial charge on any atom is 0.231 e. The Kier molecular flexibility index (Phi) is 6.74. The minimum atomic E-state index is 0.134. The van der Waals surface area contributed by atoms with Crippen LogP contribution in [0.3, 0.4) is 0 Å². The van der Waals surface area contributed by atoms with Gasteiger partial charge in [-0.2, -0.15) is 0 Å². The molecule has 0 atom stereocenters. The van der Waals surface area contributed by atoms with Crippen LogP contribution < -0.4 is 24.8 Å². The highest BCUT2D eigenvalue weighted by atomic mass is 16.7. The second kappa shape index (κ2) is 10.0. The average molecular weight is 437 g/mol. The maximum atomic E-state index is 5.72. The molecule has 1 aromatic heterocycles. The number of anilines is 1. The normalized spacial score (nSPS) is 12.8. The van der Waals surface area contributed by atoms with Crippen LogP contribution in [0.25, 0.3) is 0 Å². The summed E-state index contributed by atoms with van der Waals surface area (Å²) in [6.07, 6.45) is 2.61. The predicted octanol–water partition coefficient (Wildman–Crippen LogP) is 3.13. The first-order chi connectivity index (χ1) is 15.6. The third-order valence-electron chi connectivity index (χ3n) is 4.82. The van der Waals surface area contributed by atoms with Crippen molar-refractivity contribution in [3.63, 3.8) is 0 Å². The summed E-state index contributed by atoms with van der Waals surface area (Å²) in [5, 5.41) is 14.8. The third kappa shape index (κ3) is 5.69. The van der Waals surface area contributed by atoms with E-state index in [1.165, 1.54) is 0 Å². The number of aliphatic imine (C=N–C) groups is 1. The number of nitrogens with zero attached hydrogens (tertiary/aromatic N) is 4. The molecule has 0 amide bonds. The average Bonchev–Trinajstić information content (AvgIpc) is 3.41. The number of guanidine groups is 1. The van der Waals surface area contributed by atoms with Gasteiger partial charge < -0.3 is 29.4 Å². The van der Waals surface area contributed by atoms with Crippen molar-refractivity contribution in [2.75, 3.05) is 18.7 Å². The zero-order valence-electron chi connectivity index (χ0n) is 18.5. The van der Waals surface area contributed by atoms with Gasteiger partial charge in [-0.1, -0.05) is 6.07 Å². The molecule has 1 aliphatic heterocycles. The van der Waals surface area contributed by atoms with Gasteiger partial charge in [0.2, 0.25) is 6.79 Å². The second-order valence-corrected chi connectivity index (χ2v) is 7.70. The van der Waals surface area contributed by atoms with Crippen molar-refractivity contribution in [1.82, 2.24) is 20.1 Å². The molecule has 32 heavy (non-hydrogen) atoms. The van der Waals surface area contributed by atoms with E-state index < -0.39 is 0 Å². The van der Waals surface area contributed by atoms with Crippen molar-refractivity contribution >= 4 is 11.6 Å². The molecule has 0 saturated carbocycles. The molecule has 0 fully saturated rings. The first kappa shape index (κ1) is 21.5. The molecule has 9 heteroatoms. The lowest BCUT2D eigenvalue weighted by atomic mass is 10.1. The molecule has 0 unspecified atom stereocenters. The van der Waals surface area contributed by atoms with Crippen LogP contribution in [0, 0.1) is 0 Å². The molecular weight excluding hydrogens is 408 g/mol. The SMILES string of the molecule is CC(C)Oc1ccc(NC(=NCc2nncn2C)NCCc2ccc3c(c2)OCO3)cc1. The van der Waals surface area contributed by atoms with E-state index in [0.29, 0.717) is 19.0 Å². The van der Waals surface area contributed by atoms with Crippen molar-refractivity contribution < 1.29 is 14.2 Å². The second-order valence-electron chi connectivity index (χ2n) is 7.70. The number of ether oxygens (including phenoxy) is 3. The van der Waals surface area contributed by atoms with Crippen molar-refractivity contribution in [1.29, 1.82) is 0 Å². The first-order valence-corrected chi connectivity index (χ1v) is 10.6. The Morgan fingerprint density at radius 3 is 2.72 bits per heavy atom. The summed E-state index contributed by atoms with van der Waals surface area (Å²) in [6.45, 7) is 5.39. The fourth-order valence-corrected chi connectivity index (χ4v) is 3.19. The van der Waals surface area contributed by atoms with Crippen LogP contribution in [-0.4, -0.2) is 40.2 Å². The number of nitrogens with one attached hydrogen (secondary N) is 2. The van der Waals surface area contributed by atoms with Crippen molar-refractivity contribution in [2.45, 2.75) is 32.9 Å². The van der Waals surface area contributed by atoms with E-state index in [2.05, 4.69) is 25.8 Å². The summed E-state index contributed by atoms with van der Waals surface area (Å²) < 4.78 is 18.4. The van der Waals surface area contributed by atoms with E-state index in [1.54, 1.807) is 6.33 Å². The molecule has 0 spiro atoms. The first-order valence-electron chi connectivity index (χ1n) is 10.6. The minimum Gasteiger partial charge on any atom is -0.491 e. The van der Waals surface area contributed by atoms with Gasteiger partial charge in [0.05, 0.1) is 6.10 Å². The highest BCUT2D eigenvalue weighted by Gasteiger charge is 2.13. The lowest BCUT2D eigenvalue weighted by molar-refractivity contribution is 0.174. The van der Waals surface area contributed by atoms with Crippen molar-refractivity contribution in [3.05, 3.63) is 60.2 Å². The molecular formula is C23H28N6O3. The summed E-state index contributed by atoms with van der Waals surface area (Å²) in [5.74, 6) is 3.85. The number of hydrogen-bond donors (Lipinski definition) is 2. The Morgan fingerprint density at radius 2 is 1.97 bits per heavy atom. The van der Waals surface area contributed by atoms with E-state index in [1.807, 2.05) is 67.9 Å². The Balaban J connectivity index is 1.40. The van der Waals surface area contributed by atoms with Crippen LogP contribution in [0.15, 0.2) is 53.8 Å². The summed E-state index contributed by atoms with van der Waals surface area (Å²) in [5.41, 5.74) is 2.07. The highest BCUT2D eigenvalue weighted by molar-refractivity contribution is 5.93. The third-order valence-corrected chi connectivity index (χ3v) is 4.82. The summed E-state index contributed by atoms with van der Waals surface area (Å²) >= 11 is 0. The highest BCUT2D eigenvalue weighted by Crippen LogP contribution is 2.32. The van der Waals surface area contributed by atoms with Gasteiger partial charge in [0.1, 0.15) is 18.6 Å². The van der Waals surface area contributed by atoms with Gasteiger partial charge in [-0.25, -0.2) is 4.99 Å². The minimum absolute atomic E-state index is 0.134. The summed E-state index contributed by atoms with van der Waals surface area (Å²) in [7, 11) is 1.90. The number of fused-ring (bicyclic) bond motifs is 1. The van der Waals surface area contributed by atoms with Crippen LogP contribution in [0.4, 0.5) is 5.69 Å². The van der Waals surface area contributed by atoms with Gasteiger partial charge in [0, 0.05) is 19.3 Å². The Hall–Kier alpha value is -3.75. The Bertz CT molecular complexity index is 1060. The van der Waals surface area contributed by atoms with E-state index in [4.69, 9.17) is 14.2 Å². The molecule has 0 bridgehead atoms. The number of benzene rings is 2. The number of aryl methyl sites for hydroxylation is 1. The standard InChI is InChI=1S/C23H28N6O3/c1-16(2)32-19-7-5-18(6-8-19)27-23(25-13-22-28-26-14-29(22)3)24-11-10-17-4-9-20-21(12-17)31-15-30-20/h4-9,12,14,16H,10-11,13,15H2,1-3H3,(H2,24,25,27). The monoisotopic (exact) mass is 436 g/mol. The zero-order chi connectivity index (χ0) is 22.3. The summed E-state index contributed by atoms with van der Waals surface area (Å²) in [6, 6.07) is 13.8. The lowest BCUT2D eigenvalue weighted by Crippen LogP contribution is -2.32. The zero-order valence-corrected chi connectivity index (χ0v) is 18.5. The molecule has 2 N–H and O–H groups in total. The quantitative estimate of drug-likeness (QED) is 0.414. The molecule has 2 aromatic carbocycles. The smallest absolute Gasteiger partial charge is 0.231 e. The number of hydrogen-bond acceptors (Lipinski definition) is 6. The lowest BCUT2D eigenvalue weighted by Gasteiger charge is -2.14. The maximum absolute atomic E-state index is 5.72. The fraction of sp³-hybridized carbons (Fsp3) is 0.348. The van der Waals surface area contributed by atoms with Crippen LogP contribution in [0.5, 0.6) is 17.2 Å². The summed E-state index contributed by atoms with van der Waals surface area (Å²) in [4.78, 5) is 4.68. The van der Waals surface area contributed by atoms with Gasteiger partial charge in [-0.3, -0.25) is 0 Å². The molecule has 3 aromatic rings. The van der Waals surface area contributed by atoms with Crippen LogP contribution in [0.2, 0.25) is 0 Å². The number of rotatable bonds is 8. The van der Waals surface area contributed by atoms with Gasteiger partial charge in [-0.05, 0) is 62.2 Å². The van der Waals surface area contributed by atoms with Gasteiger partial charge in [0.15, 0.2) is 23.3 Å². The van der Waals surface area contributed by atoms with Gasteiger partial charge in [-0.15, -0.1) is 10.2 Å². The molecule has 9 nitrogen and oxygen atoms in total. The van der Waals surface area contributed by atoms with Crippen LogP contribution in [0.1, 0.15) is 25.2 Å². The van der Waals surface area contributed by atoms with Crippen LogP contribution >= 0.6 is 0 Å². The molecule has 0 radical (unpaired) electrons. The molecule has 168 valence electrons. The Labute approximate surface area is 187 Å². The molecule has 4 rings (SSSR count). The topological polar surface area (TPSA) is 94.8 Å². The molecule has 2 heterocycles. The van der Waals surface area contributed by atoms with Gasteiger partial charge >= 0.3 is 0 Å². The largest absolute Gasteiger partial charge is 0.491 e. The van der Waals surface area contributed by atoms with Gasteiger partial charge in [0.25, 0.3) is 0 Å². The van der Waals surface area contributed by atoms with E-state index in [9.17, 15) is 0 Å². The molecule has 1 aliphatic rings. The van der Waals surface area contributed by atoms with Crippen molar-refractivity contribution in [2.24, 2.45) is 12.0 Å². The Morgan fingerprint density at radius 1 is 1.16 bits per heavy atom. The van der Waals surface area contributed by atoms with Crippen molar-refractivity contribution in [3.8, 4) is 17.2 Å². The van der Waals surface area contributed by atoms with E-state index in [-0.39, 0.29) is 12.9 Å².